The number of nitrogens with one attached hydrogen (secondary N) is 2. The van der Waals surface area contributed by atoms with Crippen LogP contribution in [0.25, 0.3) is 0 Å². The predicted octanol–water partition coefficient (Wildman–Crippen LogP) is 3.00. The van der Waals surface area contributed by atoms with E-state index in [1.165, 1.54) is 0 Å². The fraction of sp³-hybridized carbons (Fsp3) is 0.542. The molecule has 0 spiro atoms. The van der Waals surface area contributed by atoms with Gasteiger partial charge in [0.2, 0.25) is 11.8 Å². The quantitative estimate of drug-likeness (QED) is 0.655. The van der Waals surface area contributed by atoms with Crippen LogP contribution < -0.4 is 10.6 Å². The highest BCUT2D eigenvalue weighted by Crippen LogP contribution is 2.40. The lowest BCUT2D eigenvalue weighted by molar-refractivity contribution is -0.141. The van der Waals surface area contributed by atoms with Gasteiger partial charge in [0.1, 0.15) is 18.2 Å². The number of alkyl carbamates (subject to hydrolysis) is 1. The summed E-state index contributed by atoms with van der Waals surface area (Å²) in [6.45, 7) is 10.8. The minimum Gasteiger partial charge on any atom is -0.444 e. The average molecular weight is 428 g/mol. The number of nitrogens with zero attached hydrogens (tertiary/aromatic N) is 1. The first-order chi connectivity index (χ1) is 14.4. The molecular weight excluding hydrogens is 394 g/mol. The Kier molecular flexibility index (Phi) is 7.72. The molecule has 1 aliphatic rings. The summed E-state index contributed by atoms with van der Waals surface area (Å²) in [6, 6.07) is 6.06. The predicted molar refractivity (Wildman–Crippen MR) is 119 cm³/mol. The van der Waals surface area contributed by atoms with Gasteiger partial charge in [-0.3, -0.25) is 9.59 Å². The molecule has 0 heterocycles. The van der Waals surface area contributed by atoms with Crippen molar-refractivity contribution >= 4 is 17.9 Å². The molecule has 1 aromatic rings. The Morgan fingerprint density at radius 1 is 1.23 bits per heavy atom. The first kappa shape index (κ1) is 24.3. The highest BCUT2D eigenvalue weighted by atomic mass is 16.6. The molecule has 31 heavy (non-hydrogen) atoms. The molecular formula is C24H33N3O4. The summed E-state index contributed by atoms with van der Waals surface area (Å²) in [4.78, 5) is 40.0. The van der Waals surface area contributed by atoms with Crippen LogP contribution in [0.3, 0.4) is 0 Å². The third-order valence-corrected chi connectivity index (χ3v) is 4.85. The van der Waals surface area contributed by atoms with E-state index in [1.807, 2.05) is 20.8 Å². The molecule has 0 bridgehead atoms. The van der Waals surface area contributed by atoms with Crippen LogP contribution in [0.15, 0.2) is 24.3 Å². The van der Waals surface area contributed by atoms with Crippen LogP contribution in [-0.2, 0) is 14.3 Å². The Labute approximate surface area is 184 Å². The SMILES string of the molecule is C#Cc1ccc(C(C(=O)NC(C)C)N(C(=O)CNC(=O)OC(C)(C)C)C2CC2C)cc1. The molecule has 0 radical (unpaired) electrons. The lowest BCUT2D eigenvalue weighted by atomic mass is 10.0. The van der Waals surface area contributed by atoms with Crippen molar-refractivity contribution in [3.05, 3.63) is 35.4 Å². The van der Waals surface area contributed by atoms with Crippen LogP contribution in [0.2, 0.25) is 0 Å². The van der Waals surface area contributed by atoms with Crippen molar-refractivity contribution < 1.29 is 19.1 Å². The molecule has 2 N–H and O–H groups in total. The second kappa shape index (κ2) is 9.86. The monoisotopic (exact) mass is 427 g/mol. The van der Waals surface area contributed by atoms with Gasteiger partial charge in [-0.1, -0.05) is 25.0 Å². The molecule has 1 aliphatic carbocycles. The summed E-state index contributed by atoms with van der Waals surface area (Å²) in [5.41, 5.74) is 0.689. The van der Waals surface area contributed by atoms with Crippen molar-refractivity contribution in [1.82, 2.24) is 15.5 Å². The van der Waals surface area contributed by atoms with Crippen molar-refractivity contribution in [2.24, 2.45) is 5.92 Å². The normalized spacial score (nSPS) is 18.5. The van der Waals surface area contributed by atoms with Crippen LogP contribution in [0.4, 0.5) is 4.79 Å². The van der Waals surface area contributed by atoms with E-state index in [9.17, 15) is 14.4 Å². The smallest absolute Gasteiger partial charge is 0.408 e. The molecule has 1 fully saturated rings. The van der Waals surface area contributed by atoms with Crippen LogP contribution in [0, 0.1) is 18.3 Å². The number of terminal acetylenes is 1. The molecule has 7 heteroatoms. The molecule has 1 aromatic carbocycles. The molecule has 3 amide bonds. The lowest BCUT2D eigenvalue weighted by Gasteiger charge is -2.32. The second-order valence-corrected chi connectivity index (χ2v) is 9.27. The highest BCUT2D eigenvalue weighted by Gasteiger charge is 2.46. The van der Waals surface area contributed by atoms with Gasteiger partial charge in [0.05, 0.1) is 0 Å². The number of benzene rings is 1. The third-order valence-electron chi connectivity index (χ3n) is 4.85. The molecule has 0 saturated heterocycles. The number of carbonyl (C=O) groups is 3. The number of rotatable bonds is 7. The molecule has 7 nitrogen and oxygen atoms in total. The standard InChI is InChI=1S/C24H33N3O4/c1-8-17-9-11-18(12-10-17)21(22(29)26-15(2)3)27(19-13-16(19)4)20(28)14-25-23(30)31-24(5,6)7/h1,9-12,15-16,19,21H,13-14H2,2-7H3,(H,25,30)(H,26,29). The van der Waals surface area contributed by atoms with E-state index in [-0.39, 0.29) is 36.4 Å². The largest absolute Gasteiger partial charge is 0.444 e. The Balaban J connectivity index is 2.30. The average Bonchev–Trinajstić information content (AvgIpc) is 3.38. The highest BCUT2D eigenvalue weighted by molar-refractivity contribution is 5.91. The van der Waals surface area contributed by atoms with Crippen molar-refractivity contribution in [2.45, 2.75) is 71.7 Å². The van der Waals surface area contributed by atoms with Gasteiger partial charge in [-0.25, -0.2) is 4.79 Å². The first-order valence-electron chi connectivity index (χ1n) is 10.6. The van der Waals surface area contributed by atoms with E-state index in [4.69, 9.17) is 11.2 Å². The number of carbonyl (C=O) groups excluding carboxylic acids is 3. The minimum absolute atomic E-state index is 0.0804. The second-order valence-electron chi connectivity index (χ2n) is 9.27. The van der Waals surface area contributed by atoms with Crippen LogP contribution >= 0.6 is 0 Å². The van der Waals surface area contributed by atoms with Gasteiger partial charge in [0.15, 0.2) is 0 Å². The number of ether oxygens (including phenoxy) is 1. The Hall–Kier alpha value is -3.01. The zero-order chi connectivity index (χ0) is 23.3. The van der Waals surface area contributed by atoms with Gasteiger partial charge >= 0.3 is 6.09 Å². The van der Waals surface area contributed by atoms with Crippen LogP contribution in [0.5, 0.6) is 0 Å². The third kappa shape index (κ3) is 7.02. The number of hydrogen-bond acceptors (Lipinski definition) is 4. The van der Waals surface area contributed by atoms with Gasteiger partial charge in [-0.15, -0.1) is 6.42 Å². The van der Waals surface area contributed by atoms with E-state index in [0.29, 0.717) is 11.1 Å². The maximum absolute atomic E-state index is 13.2. The Morgan fingerprint density at radius 3 is 2.26 bits per heavy atom. The number of hydrogen-bond donors (Lipinski definition) is 2. The number of amides is 3. The fourth-order valence-electron chi connectivity index (χ4n) is 3.33. The van der Waals surface area contributed by atoms with E-state index < -0.39 is 17.7 Å². The van der Waals surface area contributed by atoms with Crippen molar-refractivity contribution in [1.29, 1.82) is 0 Å². The summed E-state index contributed by atoms with van der Waals surface area (Å²) >= 11 is 0. The van der Waals surface area contributed by atoms with Gasteiger partial charge in [-0.05, 0) is 64.7 Å². The zero-order valence-corrected chi connectivity index (χ0v) is 19.2. The maximum atomic E-state index is 13.2. The topological polar surface area (TPSA) is 87.7 Å². The summed E-state index contributed by atoms with van der Waals surface area (Å²) in [5.74, 6) is 2.21. The molecule has 1 saturated carbocycles. The molecule has 0 aliphatic heterocycles. The minimum atomic E-state index is -0.822. The molecule has 2 rings (SSSR count). The van der Waals surface area contributed by atoms with E-state index in [0.717, 1.165) is 6.42 Å². The molecule has 0 aromatic heterocycles. The van der Waals surface area contributed by atoms with Crippen LogP contribution in [-0.4, -0.2) is 47.0 Å². The first-order valence-corrected chi connectivity index (χ1v) is 10.6. The Bertz CT molecular complexity index is 849. The van der Waals surface area contributed by atoms with Crippen molar-refractivity contribution in [2.75, 3.05) is 6.54 Å². The van der Waals surface area contributed by atoms with Crippen LogP contribution in [0.1, 0.15) is 65.1 Å². The van der Waals surface area contributed by atoms with E-state index in [1.54, 1.807) is 49.9 Å². The molecule has 3 atom stereocenters. The summed E-state index contributed by atoms with van der Waals surface area (Å²) in [7, 11) is 0. The van der Waals surface area contributed by atoms with E-state index >= 15 is 0 Å². The van der Waals surface area contributed by atoms with Crippen molar-refractivity contribution in [3.8, 4) is 12.3 Å². The summed E-state index contributed by atoms with van der Waals surface area (Å²) in [5, 5.41) is 5.42. The zero-order valence-electron chi connectivity index (χ0n) is 19.2. The molecule has 3 unspecified atom stereocenters. The lowest BCUT2D eigenvalue weighted by Crippen LogP contribution is -2.50. The maximum Gasteiger partial charge on any atom is 0.408 e. The molecule has 168 valence electrons. The van der Waals surface area contributed by atoms with Gasteiger partial charge < -0.3 is 20.3 Å². The fourth-order valence-corrected chi connectivity index (χ4v) is 3.33. The van der Waals surface area contributed by atoms with Gasteiger partial charge in [-0.2, -0.15) is 0 Å². The summed E-state index contributed by atoms with van der Waals surface area (Å²) in [6.07, 6.45) is 5.57. The summed E-state index contributed by atoms with van der Waals surface area (Å²) < 4.78 is 5.22. The van der Waals surface area contributed by atoms with Gasteiger partial charge in [0.25, 0.3) is 0 Å². The van der Waals surface area contributed by atoms with Gasteiger partial charge in [0, 0.05) is 17.6 Å². The van der Waals surface area contributed by atoms with Crippen molar-refractivity contribution in [3.63, 3.8) is 0 Å². The van der Waals surface area contributed by atoms with E-state index in [2.05, 4.69) is 16.6 Å². The Morgan fingerprint density at radius 2 is 1.81 bits per heavy atom.